The normalized spacial score (nSPS) is 10.8. The summed E-state index contributed by atoms with van der Waals surface area (Å²) in [5.41, 5.74) is 2.23. The predicted molar refractivity (Wildman–Crippen MR) is 79.1 cm³/mol. The minimum atomic E-state index is 0.417. The van der Waals surface area contributed by atoms with E-state index in [-0.39, 0.29) is 0 Å². The van der Waals surface area contributed by atoms with Gasteiger partial charge < -0.3 is 5.32 Å². The first-order valence-corrected chi connectivity index (χ1v) is 6.77. The molecule has 0 fully saturated rings. The third-order valence-electron chi connectivity index (χ3n) is 2.53. The van der Waals surface area contributed by atoms with E-state index in [2.05, 4.69) is 65.1 Å². The van der Waals surface area contributed by atoms with Crippen molar-refractivity contribution in [1.82, 2.24) is 9.78 Å². The summed E-state index contributed by atoms with van der Waals surface area (Å²) in [6, 6.07) is 10.7. The summed E-state index contributed by atoms with van der Waals surface area (Å²) in [5.74, 6) is 0. The Kier molecular flexibility index (Phi) is 4.04. The molecule has 0 saturated carbocycles. The quantitative estimate of drug-likeness (QED) is 0.860. The fraction of sp³-hybridized carbons (Fsp3) is 0.308. The number of rotatable bonds is 4. The standard InChI is InChI=1S/C13H16IN3/c1-10(2)17-8-7-11(16-17)9-15-13-6-4-3-5-12(13)14/h3-8,10,15H,9H2,1-2H3. The molecule has 2 rings (SSSR count). The van der Waals surface area contributed by atoms with Crippen LogP contribution in [0.2, 0.25) is 0 Å². The molecule has 0 aliphatic rings. The molecule has 90 valence electrons. The number of halogens is 1. The molecule has 0 amide bonds. The van der Waals surface area contributed by atoms with Crippen LogP contribution in [0, 0.1) is 3.57 Å². The highest BCUT2D eigenvalue weighted by molar-refractivity contribution is 14.1. The molecule has 0 radical (unpaired) electrons. The molecule has 0 aliphatic heterocycles. The fourth-order valence-electron chi connectivity index (χ4n) is 1.55. The lowest BCUT2D eigenvalue weighted by molar-refractivity contribution is 0.527. The first-order chi connectivity index (χ1) is 8.16. The van der Waals surface area contributed by atoms with Crippen molar-refractivity contribution >= 4 is 28.3 Å². The SMILES string of the molecule is CC(C)n1ccc(CNc2ccccc2I)n1. The number of nitrogens with zero attached hydrogens (tertiary/aromatic N) is 2. The zero-order valence-corrected chi connectivity index (χ0v) is 12.2. The van der Waals surface area contributed by atoms with Gasteiger partial charge in [0.25, 0.3) is 0 Å². The van der Waals surface area contributed by atoms with Crippen LogP contribution < -0.4 is 5.32 Å². The van der Waals surface area contributed by atoms with E-state index in [0.29, 0.717) is 6.04 Å². The molecule has 2 aromatic rings. The van der Waals surface area contributed by atoms with Gasteiger partial charge >= 0.3 is 0 Å². The van der Waals surface area contributed by atoms with Gasteiger partial charge in [-0.3, -0.25) is 4.68 Å². The Labute approximate surface area is 115 Å². The molecule has 3 nitrogen and oxygen atoms in total. The van der Waals surface area contributed by atoms with Crippen LogP contribution in [-0.4, -0.2) is 9.78 Å². The zero-order chi connectivity index (χ0) is 12.3. The van der Waals surface area contributed by atoms with Crippen molar-refractivity contribution in [2.75, 3.05) is 5.32 Å². The van der Waals surface area contributed by atoms with Gasteiger partial charge in [-0.05, 0) is 54.6 Å². The number of hydrogen-bond donors (Lipinski definition) is 1. The lowest BCUT2D eigenvalue weighted by atomic mass is 10.3. The molecule has 1 N–H and O–H groups in total. The minimum Gasteiger partial charge on any atom is -0.378 e. The molecule has 0 spiro atoms. The van der Waals surface area contributed by atoms with Crippen molar-refractivity contribution in [3.05, 3.63) is 45.8 Å². The summed E-state index contributed by atoms with van der Waals surface area (Å²) < 4.78 is 3.21. The zero-order valence-electron chi connectivity index (χ0n) is 10.0. The van der Waals surface area contributed by atoms with Gasteiger partial charge in [0.05, 0.1) is 12.2 Å². The van der Waals surface area contributed by atoms with Gasteiger partial charge in [-0.15, -0.1) is 0 Å². The van der Waals surface area contributed by atoms with Gasteiger partial charge in [0.15, 0.2) is 0 Å². The van der Waals surface area contributed by atoms with Gasteiger partial charge in [-0.1, -0.05) is 12.1 Å². The van der Waals surface area contributed by atoms with Gasteiger partial charge in [0.2, 0.25) is 0 Å². The third kappa shape index (κ3) is 3.21. The van der Waals surface area contributed by atoms with E-state index in [4.69, 9.17) is 0 Å². The molecule has 1 aromatic heterocycles. The molecule has 0 unspecified atom stereocenters. The molecule has 0 atom stereocenters. The smallest absolute Gasteiger partial charge is 0.0815 e. The second kappa shape index (κ2) is 5.53. The van der Waals surface area contributed by atoms with Crippen molar-refractivity contribution in [1.29, 1.82) is 0 Å². The molecule has 4 heteroatoms. The first-order valence-electron chi connectivity index (χ1n) is 5.69. The van der Waals surface area contributed by atoms with Crippen molar-refractivity contribution in [2.24, 2.45) is 0 Å². The lowest BCUT2D eigenvalue weighted by Gasteiger charge is -2.07. The Bertz CT molecular complexity index is 491. The number of benzene rings is 1. The van der Waals surface area contributed by atoms with Crippen molar-refractivity contribution in [3.8, 4) is 0 Å². The molecule has 0 bridgehead atoms. The Morgan fingerprint density at radius 2 is 2.06 bits per heavy atom. The van der Waals surface area contributed by atoms with Gasteiger partial charge in [-0.2, -0.15) is 5.10 Å². The molecule has 0 aliphatic carbocycles. The van der Waals surface area contributed by atoms with Crippen molar-refractivity contribution < 1.29 is 0 Å². The highest BCUT2D eigenvalue weighted by Gasteiger charge is 2.02. The number of para-hydroxylation sites is 1. The minimum absolute atomic E-state index is 0.417. The van der Waals surface area contributed by atoms with Crippen LogP contribution in [-0.2, 0) is 6.54 Å². The van der Waals surface area contributed by atoms with E-state index in [1.165, 1.54) is 3.57 Å². The molecule has 0 saturated heterocycles. The molecular formula is C13H16IN3. The highest BCUT2D eigenvalue weighted by Crippen LogP contribution is 2.17. The fourth-order valence-corrected chi connectivity index (χ4v) is 2.13. The van der Waals surface area contributed by atoms with Crippen LogP contribution in [0.1, 0.15) is 25.6 Å². The van der Waals surface area contributed by atoms with E-state index in [0.717, 1.165) is 17.9 Å². The topological polar surface area (TPSA) is 29.9 Å². The highest BCUT2D eigenvalue weighted by atomic mass is 127. The number of hydrogen-bond acceptors (Lipinski definition) is 2. The van der Waals surface area contributed by atoms with E-state index in [9.17, 15) is 0 Å². The molecular weight excluding hydrogens is 325 g/mol. The summed E-state index contributed by atoms with van der Waals surface area (Å²) in [6.07, 6.45) is 2.03. The second-order valence-corrected chi connectivity index (χ2v) is 5.38. The predicted octanol–water partition coefficient (Wildman–Crippen LogP) is 3.68. The molecule has 1 aromatic carbocycles. The van der Waals surface area contributed by atoms with Gasteiger partial charge in [0.1, 0.15) is 0 Å². The van der Waals surface area contributed by atoms with E-state index >= 15 is 0 Å². The number of aromatic nitrogens is 2. The first kappa shape index (κ1) is 12.4. The van der Waals surface area contributed by atoms with Crippen LogP contribution in [0.25, 0.3) is 0 Å². The average Bonchev–Trinajstić information content (AvgIpc) is 2.77. The van der Waals surface area contributed by atoms with Gasteiger partial charge in [0, 0.05) is 21.5 Å². The monoisotopic (exact) mass is 341 g/mol. The number of anilines is 1. The van der Waals surface area contributed by atoms with E-state index < -0.39 is 0 Å². The van der Waals surface area contributed by atoms with Crippen LogP contribution in [0.4, 0.5) is 5.69 Å². The Morgan fingerprint density at radius 3 is 2.71 bits per heavy atom. The maximum atomic E-state index is 4.51. The molecule has 17 heavy (non-hydrogen) atoms. The lowest BCUT2D eigenvalue weighted by Crippen LogP contribution is -2.05. The van der Waals surface area contributed by atoms with Crippen LogP contribution in [0.3, 0.4) is 0 Å². The summed E-state index contributed by atoms with van der Waals surface area (Å²) >= 11 is 2.33. The van der Waals surface area contributed by atoms with E-state index in [1.54, 1.807) is 0 Å². The Morgan fingerprint density at radius 1 is 1.29 bits per heavy atom. The van der Waals surface area contributed by atoms with Crippen molar-refractivity contribution in [2.45, 2.75) is 26.4 Å². The largest absolute Gasteiger partial charge is 0.378 e. The summed E-state index contributed by atoms with van der Waals surface area (Å²) in [5, 5.41) is 7.90. The van der Waals surface area contributed by atoms with E-state index in [1.807, 2.05) is 23.0 Å². The summed E-state index contributed by atoms with van der Waals surface area (Å²) in [4.78, 5) is 0. The Hall–Kier alpha value is -1.04. The van der Waals surface area contributed by atoms with Crippen molar-refractivity contribution in [3.63, 3.8) is 0 Å². The maximum Gasteiger partial charge on any atom is 0.0815 e. The molecule has 1 heterocycles. The third-order valence-corrected chi connectivity index (χ3v) is 3.47. The second-order valence-electron chi connectivity index (χ2n) is 4.21. The van der Waals surface area contributed by atoms with Crippen LogP contribution in [0.5, 0.6) is 0 Å². The maximum absolute atomic E-state index is 4.51. The van der Waals surface area contributed by atoms with Crippen LogP contribution >= 0.6 is 22.6 Å². The van der Waals surface area contributed by atoms with Crippen LogP contribution in [0.15, 0.2) is 36.5 Å². The average molecular weight is 341 g/mol. The summed E-state index contributed by atoms with van der Waals surface area (Å²) in [6.45, 7) is 5.02. The Balaban J connectivity index is 2.00. The summed E-state index contributed by atoms with van der Waals surface area (Å²) in [7, 11) is 0. The van der Waals surface area contributed by atoms with Gasteiger partial charge in [-0.25, -0.2) is 0 Å². The number of nitrogens with one attached hydrogen (secondary N) is 1.